The molecule has 3 aromatic heterocycles. The van der Waals surface area contributed by atoms with Gasteiger partial charge in [0, 0.05) is 9.68 Å². The Kier molecular flexibility index (Phi) is 3.67. The first-order valence-electron chi connectivity index (χ1n) is 14.7. The SMILES string of the molecule is [2H]c1c([2H])c([2H])c(C([2H])([2H])[2H])c(-n2c(Cn3nc(-c4cccc(O)c4)c4c(N)ncnc43)nc3cccc(C)c3c2=O)c1[2H]. The molecule has 0 aliphatic heterocycles. The standard InChI is InChI=1S/C28H23N7O2/c1-16-7-3-4-12-21(16)35-22(32-20-11-5-8-17(2)23(20)28(35)37)14-34-27-24(26(29)30-15-31-27)25(33-34)18-9-6-10-19(36)13-18/h3-13,15,36H,14H2,1-2H3,(H2,29,30,31)/i1D3,3D,4D,7D,12D. The lowest BCUT2D eigenvalue weighted by Crippen LogP contribution is -2.26. The lowest BCUT2D eigenvalue weighted by molar-refractivity contribution is 0.475. The number of aromatic hydroxyl groups is 1. The van der Waals surface area contributed by atoms with Gasteiger partial charge in [-0.3, -0.25) is 9.36 Å². The third-order valence-corrected chi connectivity index (χ3v) is 6.04. The molecule has 37 heavy (non-hydrogen) atoms. The number of hydrogen-bond donors (Lipinski definition) is 2. The first kappa shape index (κ1) is 15.8. The Balaban J connectivity index is 1.72. The van der Waals surface area contributed by atoms with Gasteiger partial charge in [-0.15, -0.1) is 0 Å². The molecule has 0 atom stereocenters. The Morgan fingerprint density at radius 1 is 1.08 bits per heavy atom. The Morgan fingerprint density at radius 3 is 2.76 bits per heavy atom. The monoisotopic (exact) mass is 496 g/mol. The molecule has 3 aromatic carbocycles. The fourth-order valence-corrected chi connectivity index (χ4v) is 4.38. The van der Waals surface area contributed by atoms with Crippen LogP contribution in [0, 0.1) is 13.8 Å². The topological polar surface area (TPSA) is 125 Å². The zero-order chi connectivity index (χ0) is 31.7. The molecule has 0 saturated carbocycles. The summed E-state index contributed by atoms with van der Waals surface area (Å²) < 4.78 is 60.4. The van der Waals surface area contributed by atoms with Crippen LogP contribution in [0.2, 0.25) is 0 Å². The maximum atomic E-state index is 14.3. The van der Waals surface area contributed by atoms with Gasteiger partial charge in [-0.2, -0.15) is 5.10 Å². The van der Waals surface area contributed by atoms with E-state index in [1.165, 1.54) is 23.1 Å². The van der Waals surface area contributed by atoms with Gasteiger partial charge >= 0.3 is 0 Å². The van der Waals surface area contributed by atoms with Gasteiger partial charge in [0.05, 0.1) is 27.5 Å². The molecule has 6 aromatic rings. The molecule has 3 N–H and O–H groups in total. The van der Waals surface area contributed by atoms with Crippen LogP contribution in [0.3, 0.4) is 0 Å². The Labute approximate surface area is 221 Å². The van der Waals surface area contributed by atoms with Crippen LogP contribution in [-0.4, -0.2) is 34.4 Å². The quantitative estimate of drug-likeness (QED) is 0.376. The van der Waals surface area contributed by atoms with E-state index in [4.69, 9.17) is 20.3 Å². The molecule has 0 bridgehead atoms. The molecule has 3 heterocycles. The summed E-state index contributed by atoms with van der Waals surface area (Å²) >= 11 is 0. The number of fused-ring (bicyclic) bond motifs is 2. The van der Waals surface area contributed by atoms with Crippen molar-refractivity contribution in [3.63, 3.8) is 0 Å². The van der Waals surface area contributed by atoms with Gasteiger partial charge in [0.25, 0.3) is 5.56 Å². The number of nitrogens with zero attached hydrogens (tertiary/aromatic N) is 6. The largest absolute Gasteiger partial charge is 0.508 e. The minimum absolute atomic E-state index is 0.0172. The smallest absolute Gasteiger partial charge is 0.266 e. The molecule has 6 rings (SSSR count). The summed E-state index contributed by atoms with van der Waals surface area (Å²) in [4.78, 5) is 27.4. The molecule has 0 unspecified atom stereocenters. The molecule has 0 fully saturated rings. The highest BCUT2D eigenvalue weighted by atomic mass is 16.3. The first-order chi connectivity index (χ1) is 20.8. The highest BCUT2D eigenvalue weighted by molar-refractivity contribution is 5.98. The third kappa shape index (κ3) is 3.68. The predicted octanol–water partition coefficient (Wildman–Crippen LogP) is 4.15. The Morgan fingerprint density at radius 2 is 1.92 bits per heavy atom. The molecule has 0 aliphatic carbocycles. The molecule has 182 valence electrons. The number of benzene rings is 3. The van der Waals surface area contributed by atoms with E-state index in [1.54, 1.807) is 37.3 Å². The Hall–Kier alpha value is -5.05. The molecule has 0 saturated heterocycles. The minimum Gasteiger partial charge on any atom is -0.508 e. The lowest BCUT2D eigenvalue weighted by Gasteiger charge is -2.16. The second-order valence-corrected chi connectivity index (χ2v) is 8.38. The van der Waals surface area contributed by atoms with Crippen molar-refractivity contribution in [3.8, 4) is 22.7 Å². The van der Waals surface area contributed by atoms with E-state index >= 15 is 0 Å². The summed E-state index contributed by atoms with van der Waals surface area (Å²) in [6, 6.07) is 8.34. The van der Waals surface area contributed by atoms with Gasteiger partial charge in [0.2, 0.25) is 0 Å². The minimum atomic E-state index is -3.02. The van der Waals surface area contributed by atoms with Crippen molar-refractivity contribution < 1.29 is 14.7 Å². The van der Waals surface area contributed by atoms with Crippen molar-refractivity contribution in [1.29, 1.82) is 0 Å². The van der Waals surface area contributed by atoms with Crippen LogP contribution in [0.1, 0.15) is 26.5 Å². The number of aryl methyl sites for hydroxylation is 1. The van der Waals surface area contributed by atoms with E-state index in [0.29, 0.717) is 22.2 Å². The lowest BCUT2D eigenvalue weighted by atomic mass is 10.1. The highest BCUT2D eigenvalue weighted by Crippen LogP contribution is 2.32. The number of anilines is 1. The van der Waals surface area contributed by atoms with E-state index < -0.39 is 47.8 Å². The summed E-state index contributed by atoms with van der Waals surface area (Å²) in [5.41, 5.74) is 6.13. The second-order valence-electron chi connectivity index (χ2n) is 8.38. The molecule has 9 nitrogen and oxygen atoms in total. The van der Waals surface area contributed by atoms with Crippen molar-refractivity contribution in [3.05, 3.63) is 100 Å². The first-order valence-corrected chi connectivity index (χ1v) is 11.2. The van der Waals surface area contributed by atoms with Crippen molar-refractivity contribution in [2.75, 3.05) is 5.73 Å². The van der Waals surface area contributed by atoms with Gasteiger partial charge in [-0.25, -0.2) is 19.6 Å². The Bertz CT molecular complexity index is 2210. The zero-order valence-electron chi connectivity index (χ0n) is 26.4. The maximum Gasteiger partial charge on any atom is 0.266 e. The summed E-state index contributed by atoms with van der Waals surface area (Å²) in [5.74, 6) is 0.00467. The van der Waals surface area contributed by atoms with Crippen molar-refractivity contribution in [1.82, 2.24) is 29.3 Å². The van der Waals surface area contributed by atoms with E-state index in [2.05, 4.69) is 15.1 Å². The summed E-state index contributed by atoms with van der Waals surface area (Å²) in [6.07, 6.45) is 1.23. The number of nitrogen functional groups attached to an aromatic ring is 1. The van der Waals surface area contributed by atoms with Crippen LogP contribution in [0.25, 0.3) is 38.9 Å². The van der Waals surface area contributed by atoms with Gasteiger partial charge in [-0.1, -0.05) is 42.4 Å². The fourth-order valence-electron chi connectivity index (χ4n) is 4.38. The van der Waals surface area contributed by atoms with Crippen molar-refractivity contribution in [2.24, 2.45) is 0 Å². The molecular weight excluding hydrogens is 466 g/mol. The molecule has 0 radical (unpaired) electrons. The van der Waals surface area contributed by atoms with Crippen LogP contribution in [0.15, 0.2) is 77.8 Å². The van der Waals surface area contributed by atoms with E-state index in [1.807, 2.05) is 0 Å². The fraction of sp³-hybridized carbons (Fsp3) is 0.107. The molecule has 0 spiro atoms. The third-order valence-electron chi connectivity index (χ3n) is 6.04. The van der Waals surface area contributed by atoms with Gasteiger partial charge in [-0.05, 0) is 49.1 Å². The molecule has 0 amide bonds. The predicted molar refractivity (Wildman–Crippen MR) is 143 cm³/mol. The number of phenolic OH excluding ortho intramolecular Hbond substituents is 1. The van der Waals surface area contributed by atoms with E-state index in [9.17, 15) is 9.90 Å². The van der Waals surface area contributed by atoms with Gasteiger partial charge in [0.15, 0.2) is 5.65 Å². The van der Waals surface area contributed by atoms with Crippen LogP contribution in [-0.2, 0) is 6.54 Å². The molecule has 0 aliphatic rings. The summed E-state index contributed by atoms with van der Waals surface area (Å²) in [5, 5.41) is 15.3. The second kappa shape index (κ2) is 8.56. The van der Waals surface area contributed by atoms with Gasteiger partial charge < -0.3 is 10.8 Å². The number of rotatable bonds is 4. The number of aromatic nitrogens is 6. The number of hydrogen-bond acceptors (Lipinski definition) is 7. The van der Waals surface area contributed by atoms with E-state index in [0.717, 1.165) is 4.57 Å². The van der Waals surface area contributed by atoms with Crippen LogP contribution >= 0.6 is 0 Å². The molecular formula is C28H23N7O2. The average molecular weight is 497 g/mol. The maximum absolute atomic E-state index is 14.3. The normalized spacial score (nSPS) is 14.5. The average Bonchev–Trinajstić information content (AvgIpc) is 3.33. The zero-order valence-corrected chi connectivity index (χ0v) is 19.4. The summed E-state index contributed by atoms with van der Waals surface area (Å²) in [7, 11) is 0. The number of para-hydroxylation sites is 1. The highest BCUT2D eigenvalue weighted by Gasteiger charge is 2.21. The van der Waals surface area contributed by atoms with Gasteiger partial charge in [0.1, 0.15) is 36.0 Å². The summed E-state index contributed by atoms with van der Waals surface area (Å²) in [6.45, 7) is -1.64. The van der Waals surface area contributed by atoms with Crippen LogP contribution < -0.4 is 11.3 Å². The number of nitrogens with two attached hydrogens (primary N) is 1. The van der Waals surface area contributed by atoms with Crippen molar-refractivity contribution in [2.45, 2.75) is 20.3 Å². The number of phenols is 1. The van der Waals surface area contributed by atoms with Crippen LogP contribution in [0.5, 0.6) is 5.75 Å². The van der Waals surface area contributed by atoms with E-state index in [-0.39, 0.29) is 40.5 Å². The van der Waals surface area contributed by atoms with Crippen molar-refractivity contribution >= 4 is 27.8 Å². The van der Waals surface area contributed by atoms with Crippen LogP contribution in [0.4, 0.5) is 5.82 Å². The molecule has 9 heteroatoms.